The molecule has 1 fully saturated rings. The van der Waals surface area contributed by atoms with Gasteiger partial charge in [-0.05, 0) is 24.1 Å². The van der Waals surface area contributed by atoms with E-state index in [1.54, 1.807) is 38.8 Å². The maximum atomic E-state index is 11.9. The van der Waals surface area contributed by atoms with E-state index in [9.17, 15) is 39.6 Å². The van der Waals surface area contributed by atoms with Gasteiger partial charge in [-0.1, -0.05) is 12.1 Å². The third kappa shape index (κ3) is 17.4. The number of methoxy groups -OCH3 is 1. The molecule has 1 aliphatic heterocycles. The summed E-state index contributed by atoms with van der Waals surface area (Å²) in [5.41, 5.74) is 0.870. The highest BCUT2D eigenvalue weighted by atomic mass is 16.6. The van der Waals surface area contributed by atoms with Gasteiger partial charge in [-0.25, -0.2) is 0 Å². The Balaban J connectivity index is 2.16. The number of benzene rings is 1. The summed E-state index contributed by atoms with van der Waals surface area (Å²) < 4.78 is 21.5. The number of carboxylic acids is 4. The first-order chi connectivity index (χ1) is 22.0. The van der Waals surface area contributed by atoms with Crippen LogP contribution in [0, 0.1) is 0 Å². The summed E-state index contributed by atoms with van der Waals surface area (Å²) >= 11 is 0. The molecule has 1 aromatic carbocycles. The van der Waals surface area contributed by atoms with Crippen LogP contribution in [0.15, 0.2) is 24.3 Å². The van der Waals surface area contributed by atoms with Crippen LogP contribution < -0.4 is 4.74 Å². The molecule has 0 amide bonds. The van der Waals surface area contributed by atoms with E-state index in [4.69, 9.17) is 18.9 Å². The average Bonchev–Trinajstić information content (AvgIpc) is 2.98. The van der Waals surface area contributed by atoms with E-state index in [-0.39, 0.29) is 72.0 Å². The lowest BCUT2D eigenvalue weighted by Crippen LogP contribution is -2.53. The van der Waals surface area contributed by atoms with Gasteiger partial charge in [-0.3, -0.25) is 38.8 Å². The van der Waals surface area contributed by atoms with Crippen molar-refractivity contribution in [2.45, 2.75) is 12.5 Å². The molecule has 0 saturated carbocycles. The fourth-order valence-electron chi connectivity index (χ4n) is 5.03. The van der Waals surface area contributed by atoms with Crippen molar-refractivity contribution >= 4 is 23.9 Å². The zero-order valence-electron chi connectivity index (χ0n) is 26.5. The monoisotopic (exact) mass is 656 g/mol. The molecule has 0 unspecified atom stereocenters. The highest BCUT2D eigenvalue weighted by Gasteiger charge is 2.27. The molecule has 0 aliphatic carbocycles. The third-order valence-corrected chi connectivity index (χ3v) is 7.26. The van der Waals surface area contributed by atoms with Gasteiger partial charge in [0, 0.05) is 59.0 Å². The Morgan fingerprint density at radius 1 is 0.630 bits per heavy atom. The summed E-state index contributed by atoms with van der Waals surface area (Å²) in [7, 11) is 1.61. The molecule has 0 aromatic heterocycles. The van der Waals surface area contributed by atoms with Gasteiger partial charge in [0.1, 0.15) is 12.4 Å². The van der Waals surface area contributed by atoms with E-state index in [2.05, 4.69) is 0 Å². The second kappa shape index (κ2) is 22.2. The molecule has 46 heavy (non-hydrogen) atoms. The van der Waals surface area contributed by atoms with E-state index in [0.29, 0.717) is 51.8 Å². The largest absolute Gasteiger partial charge is 0.491 e. The van der Waals surface area contributed by atoms with Crippen LogP contribution >= 0.6 is 0 Å². The maximum Gasteiger partial charge on any atom is 0.317 e. The normalized spacial score (nSPS) is 18.0. The molecule has 0 spiro atoms. The summed E-state index contributed by atoms with van der Waals surface area (Å²) in [6.45, 7) is 3.05. The van der Waals surface area contributed by atoms with Crippen molar-refractivity contribution < 1.29 is 58.6 Å². The average molecular weight is 657 g/mol. The number of hydrogen-bond acceptors (Lipinski definition) is 12. The molecule has 0 radical (unpaired) electrons. The molecule has 16 heteroatoms. The molecule has 1 saturated heterocycles. The zero-order valence-corrected chi connectivity index (χ0v) is 26.5. The number of ether oxygens (including phenoxy) is 4. The van der Waals surface area contributed by atoms with Crippen molar-refractivity contribution in [3.8, 4) is 5.75 Å². The van der Waals surface area contributed by atoms with E-state index in [1.807, 2.05) is 12.1 Å². The van der Waals surface area contributed by atoms with Crippen LogP contribution in [0.5, 0.6) is 5.75 Å². The molecule has 260 valence electrons. The Hall–Kier alpha value is -3.38. The Morgan fingerprint density at radius 3 is 1.61 bits per heavy atom. The third-order valence-electron chi connectivity index (χ3n) is 7.26. The molecule has 4 N–H and O–H groups in total. The molecule has 2 rings (SSSR count). The number of carboxylic acid groups (broad SMARTS) is 4. The highest BCUT2D eigenvalue weighted by Crippen LogP contribution is 2.17. The Kier molecular flexibility index (Phi) is 18.7. The minimum atomic E-state index is -1.06. The van der Waals surface area contributed by atoms with E-state index in [0.717, 1.165) is 5.56 Å². The molecular weight excluding hydrogens is 608 g/mol. The fourth-order valence-corrected chi connectivity index (χ4v) is 5.03. The van der Waals surface area contributed by atoms with E-state index in [1.165, 1.54) is 0 Å². The number of rotatable bonds is 20. The predicted octanol–water partition coefficient (Wildman–Crippen LogP) is -0.784. The summed E-state index contributed by atoms with van der Waals surface area (Å²) in [5, 5.41) is 38.2. The van der Waals surface area contributed by atoms with Crippen molar-refractivity contribution in [1.82, 2.24) is 19.6 Å². The van der Waals surface area contributed by atoms with Crippen LogP contribution in [0.4, 0.5) is 0 Å². The van der Waals surface area contributed by atoms with Crippen molar-refractivity contribution in [3.05, 3.63) is 29.8 Å². The quantitative estimate of drug-likeness (QED) is 0.127. The molecule has 0 bridgehead atoms. The van der Waals surface area contributed by atoms with Gasteiger partial charge in [0.05, 0.1) is 59.2 Å². The number of aliphatic carboxylic acids is 4. The Bertz CT molecular complexity index is 1060. The summed E-state index contributed by atoms with van der Waals surface area (Å²) in [6.07, 6.45) is 0.383. The first-order valence-electron chi connectivity index (χ1n) is 15.2. The standard InChI is InChI=1S/C30H48N4O12/c1-43-12-13-44-14-15-45-16-17-46-26-4-2-24(3-5-26)18-25-19-33(22-29(39)40)9-8-31(20-27(35)36)6-7-32(21-28(37)38)10-11-34(25)23-30(41)42/h2-5,25H,6-23H2,1H3,(H,35,36)(H,37,38)(H,39,40)(H,41,42)/t25-/m0/s1. The predicted molar refractivity (Wildman–Crippen MR) is 164 cm³/mol. The lowest BCUT2D eigenvalue weighted by atomic mass is 10.0. The van der Waals surface area contributed by atoms with Gasteiger partial charge in [0.25, 0.3) is 0 Å². The smallest absolute Gasteiger partial charge is 0.317 e. The van der Waals surface area contributed by atoms with Gasteiger partial charge in [0.2, 0.25) is 0 Å². The minimum Gasteiger partial charge on any atom is -0.491 e. The summed E-state index contributed by atoms with van der Waals surface area (Å²) in [5.74, 6) is -3.59. The van der Waals surface area contributed by atoms with Crippen LogP contribution in [0.1, 0.15) is 5.56 Å². The molecular formula is C30H48N4O12. The zero-order chi connectivity index (χ0) is 33.7. The van der Waals surface area contributed by atoms with Crippen LogP contribution in [-0.2, 0) is 39.8 Å². The van der Waals surface area contributed by atoms with Gasteiger partial charge >= 0.3 is 23.9 Å². The maximum absolute atomic E-state index is 11.9. The summed E-state index contributed by atoms with van der Waals surface area (Å²) in [4.78, 5) is 53.4. The Labute approximate surface area is 269 Å². The van der Waals surface area contributed by atoms with Gasteiger partial charge in [-0.15, -0.1) is 0 Å². The lowest BCUT2D eigenvalue weighted by molar-refractivity contribution is -0.142. The van der Waals surface area contributed by atoms with Crippen LogP contribution in [0.2, 0.25) is 0 Å². The number of carbonyl (C=O) groups is 4. The second-order valence-corrected chi connectivity index (χ2v) is 10.9. The second-order valence-electron chi connectivity index (χ2n) is 10.9. The molecule has 1 heterocycles. The minimum absolute atomic E-state index is 0.199. The molecule has 16 nitrogen and oxygen atoms in total. The molecule has 1 atom stereocenters. The lowest BCUT2D eigenvalue weighted by Gasteiger charge is -2.37. The van der Waals surface area contributed by atoms with Crippen molar-refractivity contribution in [3.63, 3.8) is 0 Å². The van der Waals surface area contributed by atoms with Crippen LogP contribution in [0.25, 0.3) is 0 Å². The van der Waals surface area contributed by atoms with E-state index < -0.39 is 29.9 Å². The SMILES string of the molecule is COCCOCCOCCOc1ccc(C[C@H]2CN(CC(=O)O)CCN(CC(=O)O)CCN(CC(=O)O)CCN2CC(=O)O)cc1. The molecule has 1 aromatic rings. The van der Waals surface area contributed by atoms with Gasteiger partial charge < -0.3 is 39.4 Å². The van der Waals surface area contributed by atoms with Crippen LogP contribution in [-0.4, -0.2) is 189 Å². The Morgan fingerprint density at radius 2 is 1.09 bits per heavy atom. The first-order valence-corrected chi connectivity index (χ1v) is 15.2. The topological polar surface area (TPSA) is 199 Å². The summed E-state index contributed by atoms with van der Waals surface area (Å²) in [6, 6.07) is 6.88. The van der Waals surface area contributed by atoms with Gasteiger partial charge in [0.15, 0.2) is 0 Å². The first kappa shape index (κ1) is 38.8. The molecule has 1 aliphatic rings. The van der Waals surface area contributed by atoms with E-state index >= 15 is 0 Å². The van der Waals surface area contributed by atoms with Crippen molar-refractivity contribution in [2.24, 2.45) is 0 Å². The van der Waals surface area contributed by atoms with Crippen molar-refractivity contribution in [1.29, 1.82) is 0 Å². The fraction of sp³-hybridized carbons (Fsp3) is 0.667. The van der Waals surface area contributed by atoms with Crippen LogP contribution in [0.3, 0.4) is 0 Å². The number of nitrogens with zero attached hydrogens (tertiary/aromatic N) is 4. The van der Waals surface area contributed by atoms with Gasteiger partial charge in [-0.2, -0.15) is 0 Å². The van der Waals surface area contributed by atoms with Crippen molar-refractivity contribution in [2.75, 3.05) is 119 Å². The number of hydrogen-bond donors (Lipinski definition) is 4. The highest BCUT2D eigenvalue weighted by molar-refractivity contribution is 5.70.